The van der Waals surface area contributed by atoms with Gasteiger partial charge in [-0.05, 0) is 57.1 Å². The first-order chi connectivity index (χ1) is 11.6. The molecule has 3 rings (SSSR count). The van der Waals surface area contributed by atoms with Crippen molar-refractivity contribution in [1.82, 2.24) is 0 Å². The van der Waals surface area contributed by atoms with Gasteiger partial charge in [0.15, 0.2) is 19.9 Å². The van der Waals surface area contributed by atoms with Gasteiger partial charge in [0.2, 0.25) is 0 Å². The summed E-state index contributed by atoms with van der Waals surface area (Å²) in [4.78, 5) is 25.8. The first-order valence-corrected chi connectivity index (χ1v) is 12.0. The SMILES string of the molecule is CC(C)(O[Si](C)(C)C)C(=O)c1ccc2c(c1)C(=O)c1ccccc1C2. The molecule has 0 N–H and O–H groups in total. The quantitative estimate of drug-likeness (QED) is 0.508. The Hall–Kier alpha value is -2.04. The second-order valence-corrected chi connectivity index (χ2v) is 12.5. The van der Waals surface area contributed by atoms with Crippen molar-refractivity contribution in [2.75, 3.05) is 0 Å². The molecule has 25 heavy (non-hydrogen) atoms. The molecule has 4 heteroatoms. The Labute approximate surface area is 150 Å². The minimum atomic E-state index is -1.87. The molecule has 0 amide bonds. The first-order valence-electron chi connectivity index (χ1n) is 8.59. The molecule has 3 nitrogen and oxygen atoms in total. The van der Waals surface area contributed by atoms with Crippen LogP contribution in [0.5, 0.6) is 0 Å². The average Bonchev–Trinajstić information content (AvgIpc) is 2.52. The van der Waals surface area contributed by atoms with Crippen LogP contribution >= 0.6 is 0 Å². The van der Waals surface area contributed by atoms with E-state index in [0.717, 1.165) is 23.1 Å². The Morgan fingerprint density at radius 2 is 1.64 bits per heavy atom. The molecule has 0 spiro atoms. The monoisotopic (exact) mass is 352 g/mol. The van der Waals surface area contributed by atoms with Crippen LogP contribution in [0, 0.1) is 0 Å². The minimum Gasteiger partial charge on any atom is -0.405 e. The maximum absolute atomic E-state index is 13.0. The smallest absolute Gasteiger partial charge is 0.193 e. The van der Waals surface area contributed by atoms with E-state index in [1.54, 1.807) is 6.07 Å². The molecule has 2 aromatic carbocycles. The highest BCUT2D eigenvalue weighted by molar-refractivity contribution is 6.70. The van der Waals surface area contributed by atoms with Crippen molar-refractivity contribution in [3.05, 3.63) is 70.3 Å². The van der Waals surface area contributed by atoms with Gasteiger partial charge in [0.1, 0.15) is 5.60 Å². The number of carbonyl (C=O) groups is 2. The van der Waals surface area contributed by atoms with E-state index in [0.29, 0.717) is 11.1 Å². The highest BCUT2D eigenvalue weighted by Gasteiger charge is 2.35. The number of carbonyl (C=O) groups excluding carboxylic acids is 2. The van der Waals surface area contributed by atoms with Gasteiger partial charge in [0.25, 0.3) is 0 Å². The Bertz CT molecular complexity index is 860. The summed E-state index contributed by atoms with van der Waals surface area (Å²) < 4.78 is 6.07. The molecule has 0 bridgehead atoms. The zero-order valence-corrected chi connectivity index (χ0v) is 16.5. The third-order valence-electron chi connectivity index (χ3n) is 4.37. The molecule has 130 valence electrons. The lowest BCUT2D eigenvalue weighted by Gasteiger charge is -2.32. The summed E-state index contributed by atoms with van der Waals surface area (Å²) in [6, 6.07) is 13.1. The molecule has 1 aliphatic rings. The lowest BCUT2D eigenvalue weighted by atomic mass is 9.83. The molecule has 0 saturated heterocycles. The summed E-state index contributed by atoms with van der Waals surface area (Å²) in [6.45, 7) is 9.81. The zero-order chi connectivity index (χ0) is 18.4. The Kier molecular flexibility index (Phi) is 4.29. The molecular formula is C21H24O3Si. The molecule has 2 aromatic rings. The third-order valence-corrected chi connectivity index (χ3v) is 5.49. The maximum atomic E-state index is 13.0. The van der Waals surface area contributed by atoms with Gasteiger partial charge in [0.05, 0.1) is 0 Å². The lowest BCUT2D eigenvalue weighted by molar-refractivity contribution is 0.0558. The van der Waals surface area contributed by atoms with E-state index >= 15 is 0 Å². The van der Waals surface area contributed by atoms with Crippen LogP contribution in [0.1, 0.15) is 51.3 Å². The molecule has 0 saturated carbocycles. The van der Waals surface area contributed by atoms with E-state index < -0.39 is 13.9 Å². The van der Waals surface area contributed by atoms with Crippen LogP contribution in [-0.2, 0) is 10.8 Å². The minimum absolute atomic E-state index is 0.00424. The van der Waals surface area contributed by atoms with Crippen LogP contribution < -0.4 is 0 Å². The fourth-order valence-corrected chi connectivity index (χ4v) is 5.11. The Morgan fingerprint density at radius 3 is 2.32 bits per heavy atom. The van der Waals surface area contributed by atoms with Gasteiger partial charge in [-0.1, -0.05) is 36.4 Å². The first kappa shape index (κ1) is 17.8. The fraction of sp³-hybridized carbons (Fsp3) is 0.333. The zero-order valence-electron chi connectivity index (χ0n) is 15.5. The molecule has 0 unspecified atom stereocenters. The van der Waals surface area contributed by atoms with E-state index in [2.05, 4.69) is 19.6 Å². The number of fused-ring (bicyclic) bond motifs is 2. The van der Waals surface area contributed by atoms with Gasteiger partial charge >= 0.3 is 0 Å². The molecule has 0 aliphatic heterocycles. The number of hydrogen-bond donors (Lipinski definition) is 0. The van der Waals surface area contributed by atoms with Crippen molar-refractivity contribution in [3.8, 4) is 0 Å². The van der Waals surface area contributed by atoms with Crippen LogP contribution in [0.3, 0.4) is 0 Å². The normalized spacial score (nSPS) is 14.0. The van der Waals surface area contributed by atoms with Gasteiger partial charge in [-0.3, -0.25) is 9.59 Å². The van der Waals surface area contributed by atoms with Crippen LogP contribution in [0.2, 0.25) is 19.6 Å². The second kappa shape index (κ2) is 6.04. The average molecular weight is 353 g/mol. The molecule has 0 aromatic heterocycles. The standard InChI is InChI=1S/C21H24O3Si/c1-21(2,24-25(3,4)5)20(23)16-11-10-15-12-14-8-6-7-9-17(14)19(22)18(15)13-16/h6-11,13H,12H2,1-5H3. The third kappa shape index (κ3) is 3.50. The topological polar surface area (TPSA) is 43.4 Å². The lowest BCUT2D eigenvalue weighted by Crippen LogP contribution is -2.44. The molecule has 0 heterocycles. The Morgan fingerprint density at radius 1 is 1.00 bits per heavy atom. The van der Waals surface area contributed by atoms with Crippen molar-refractivity contribution >= 4 is 19.9 Å². The van der Waals surface area contributed by atoms with Gasteiger partial charge in [-0.25, -0.2) is 0 Å². The molecule has 0 atom stereocenters. The van der Waals surface area contributed by atoms with Gasteiger partial charge in [-0.2, -0.15) is 0 Å². The number of rotatable bonds is 4. The van der Waals surface area contributed by atoms with Crippen molar-refractivity contribution in [2.24, 2.45) is 0 Å². The van der Waals surface area contributed by atoms with Crippen molar-refractivity contribution in [2.45, 2.75) is 45.5 Å². The predicted octanol–water partition coefficient (Wildman–Crippen LogP) is 4.63. The summed E-state index contributed by atoms with van der Waals surface area (Å²) in [5, 5.41) is 0. The van der Waals surface area contributed by atoms with E-state index in [1.807, 2.05) is 50.2 Å². The molecular weight excluding hydrogens is 328 g/mol. The highest BCUT2D eigenvalue weighted by atomic mass is 28.4. The van der Waals surface area contributed by atoms with Gasteiger partial charge in [-0.15, -0.1) is 0 Å². The summed E-state index contributed by atoms with van der Waals surface area (Å²) >= 11 is 0. The Balaban J connectivity index is 1.96. The molecule has 0 fully saturated rings. The fourth-order valence-electron chi connectivity index (χ4n) is 3.49. The van der Waals surface area contributed by atoms with Gasteiger partial charge in [0, 0.05) is 16.7 Å². The van der Waals surface area contributed by atoms with Crippen LogP contribution in [0.15, 0.2) is 42.5 Å². The summed E-state index contributed by atoms with van der Waals surface area (Å²) in [6.07, 6.45) is 0.723. The highest BCUT2D eigenvalue weighted by Crippen LogP contribution is 2.29. The van der Waals surface area contributed by atoms with Crippen LogP contribution in [0.4, 0.5) is 0 Å². The van der Waals surface area contributed by atoms with Crippen molar-refractivity contribution < 1.29 is 14.0 Å². The summed E-state index contributed by atoms with van der Waals surface area (Å²) in [5.41, 5.74) is 3.03. The van der Waals surface area contributed by atoms with E-state index in [4.69, 9.17) is 4.43 Å². The molecule has 1 aliphatic carbocycles. The number of benzene rings is 2. The predicted molar refractivity (Wildman–Crippen MR) is 102 cm³/mol. The number of Topliss-reactive ketones (excluding diaryl/α,β-unsaturated/α-hetero) is 1. The second-order valence-electron chi connectivity index (χ2n) is 8.09. The molecule has 0 radical (unpaired) electrons. The van der Waals surface area contributed by atoms with Crippen LogP contribution in [0.25, 0.3) is 0 Å². The van der Waals surface area contributed by atoms with Crippen molar-refractivity contribution in [3.63, 3.8) is 0 Å². The van der Waals surface area contributed by atoms with Crippen molar-refractivity contribution in [1.29, 1.82) is 0 Å². The van der Waals surface area contributed by atoms with E-state index in [9.17, 15) is 9.59 Å². The summed E-state index contributed by atoms with van der Waals surface area (Å²) in [5.74, 6) is -0.0835. The van der Waals surface area contributed by atoms with E-state index in [-0.39, 0.29) is 11.6 Å². The number of hydrogen-bond acceptors (Lipinski definition) is 3. The maximum Gasteiger partial charge on any atom is 0.193 e. The van der Waals surface area contributed by atoms with Crippen LogP contribution in [-0.4, -0.2) is 25.5 Å². The van der Waals surface area contributed by atoms with Gasteiger partial charge < -0.3 is 4.43 Å². The largest absolute Gasteiger partial charge is 0.405 e. The number of ketones is 2. The van der Waals surface area contributed by atoms with E-state index in [1.165, 1.54) is 0 Å². The summed E-state index contributed by atoms with van der Waals surface area (Å²) in [7, 11) is -1.87.